The predicted molar refractivity (Wildman–Crippen MR) is 86.9 cm³/mol. The van der Waals surface area contributed by atoms with E-state index < -0.39 is 5.91 Å². The van der Waals surface area contributed by atoms with E-state index in [4.69, 9.17) is 17.4 Å². The number of carbonyl (C=O) groups excluding carboxylic acids is 1. The van der Waals surface area contributed by atoms with Crippen LogP contribution in [0.2, 0.25) is 5.02 Å². The summed E-state index contributed by atoms with van der Waals surface area (Å²) in [6.45, 7) is 0. The largest absolute Gasteiger partial charge is 0.319 e. The van der Waals surface area contributed by atoms with Crippen molar-refractivity contribution in [2.45, 2.75) is 0 Å². The van der Waals surface area contributed by atoms with E-state index in [1.54, 1.807) is 12.1 Å². The highest BCUT2D eigenvalue weighted by atomic mass is 79.9. The zero-order chi connectivity index (χ0) is 14.7. The molecule has 20 heavy (non-hydrogen) atoms. The normalized spacial score (nSPS) is 10.2. The average Bonchev–Trinajstić information content (AvgIpc) is 2.43. The number of para-hydroxylation sites is 1. The van der Waals surface area contributed by atoms with Crippen LogP contribution in [-0.4, -0.2) is 10.9 Å². The summed E-state index contributed by atoms with van der Waals surface area (Å²) in [6, 6.07) is 8.59. The lowest BCUT2D eigenvalue weighted by molar-refractivity contribution is 0.102. The van der Waals surface area contributed by atoms with Gasteiger partial charge in [0.25, 0.3) is 5.91 Å². The molecule has 1 aromatic carbocycles. The molecule has 0 unspecified atom stereocenters. The van der Waals surface area contributed by atoms with Gasteiger partial charge in [-0.25, -0.2) is 10.8 Å². The third-order valence-electron chi connectivity index (χ3n) is 2.41. The Morgan fingerprint density at radius 2 is 1.85 bits per heavy atom. The molecule has 0 aliphatic carbocycles. The van der Waals surface area contributed by atoms with Crippen molar-refractivity contribution in [2.75, 3.05) is 10.7 Å². The SMILES string of the molecule is NNc1ccc(Cl)c(C(=O)Nc2c(Br)cccc2Br)n1. The van der Waals surface area contributed by atoms with Gasteiger partial charge in [0.1, 0.15) is 11.5 Å². The summed E-state index contributed by atoms with van der Waals surface area (Å²) < 4.78 is 1.48. The topological polar surface area (TPSA) is 80.0 Å². The van der Waals surface area contributed by atoms with Gasteiger partial charge in [0.2, 0.25) is 0 Å². The number of carbonyl (C=O) groups is 1. The fourth-order valence-electron chi connectivity index (χ4n) is 1.47. The maximum atomic E-state index is 12.2. The fourth-order valence-corrected chi connectivity index (χ4v) is 2.86. The van der Waals surface area contributed by atoms with Gasteiger partial charge in [0.15, 0.2) is 0 Å². The predicted octanol–water partition coefficient (Wildman–Crippen LogP) is 3.80. The minimum Gasteiger partial charge on any atom is -0.319 e. The van der Waals surface area contributed by atoms with E-state index in [0.29, 0.717) is 11.5 Å². The molecule has 0 aliphatic rings. The second-order valence-corrected chi connectivity index (χ2v) is 5.84. The number of pyridine rings is 1. The Labute approximate surface area is 137 Å². The number of rotatable bonds is 3. The van der Waals surface area contributed by atoms with Gasteiger partial charge >= 0.3 is 0 Å². The van der Waals surface area contributed by atoms with Crippen molar-refractivity contribution in [1.29, 1.82) is 0 Å². The van der Waals surface area contributed by atoms with Gasteiger partial charge in [-0.2, -0.15) is 0 Å². The molecule has 2 aromatic rings. The minimum absolute atomic E-state index is 0.0877. The molecule has 1 aromatic heterocycles. The highest BCUT2D eigenvalue weighted by molar-refractivity contribution is 9.11. The molecule has 5 nitrogen and oxygen atoms in total. The Morgan fingerprint density at radius 3 is 2.45 bits per heavy atom. The van der Waals surface area contributed by atoms with Gasteiger partial charge in [0.05, 0.1) is 10.7 Å². The number of aromatic nitrogens is 1. The molecule has 104 valence electrons. The van der Waals surface area contributed by atoms with Crippen LogP contribution in [0.3, 0.4) is 0 Å². The second kappa shape index (κ2) is 6.53. The number of hydrogen-bond donors (Lipinski definition) is 3. The first-order valence-corrected chi connectivity index (χ1v) is 7.38. The molecule has 0 saturated carbocycles. The summed E-state index contributed by atoms with van der Waals surface area (Å²) >= 11 is 12.7. The number of nitrogens with one attached hydrogen (secondary N) is 2. The lowest BCUT2D eigenvalue weighted by atomic mass is 10.3. The van der Waals surface area contributed by atoms with Crippen LogP contribution < -0.4 is 16.6 Å². The summed E-state index contributed by atoms with van der Waals surface area (Å²) in [6.07, 6.45) is 0. The van der Waals surface area contributed by atoms with Crippen LogP contribution in [0.15, 0.2) is 39.3 Å². The highest BCUT2D eigenvalue weighted by Gasteiger charge is 2.16. The maximum absolute atomic E-state index is 12.2. The Balaban J connectivity index is 2.33. The molecule has 0 aliphatic heterocycles. The molecule has 8 heteroatoms. The third kappa shape index (κ3) is 3.29. The van der Waals surface area contributed by atoms with E-state index in [1.807, 2.05) is 18.2 Å². The van der Waals surface area contributed by atoms with E-state index in [2.05, 4.69) is 47.6 Å². The number of nitrogens with two attached hydrogens (primary N) is 1. The van der Waals surface area contributed by atoms with E-state index in [-0.39, 0.29) is 10.7 Å². The van der Waals surface area contributed by atoms with Crippen LogP contribution in [0.25, 0.3) is 0 Å². The van der Waals surface area contributed by atoms with Crippen LogP contribution in [0.1, 0.15) is 10.5 Å². The van der Waals surface area contributed by atoms with Gasteiger partial charge in [-0.15, -0.1) is 0 Å². The molecule has 2 rings (SSSR count). The number of amides is 1. The van der Waals surface area contributed by atoms with E-state index in [0.717, 1.165) is 8.95 Å². The molecule has 4 N–H and O–H groups in total. The first kappa shape index (κ1) is 15.2. The zero-order valence-corrected chi connectivity index (χ0v) is 13.9. The quantitative estimate of drug-likeness (QED) is 0.521. The van der Waals surface area contributed by atoms with E-state index in [1.165, 1.54) is 0 Å². The summed E-state index contributed by atoms with van der Waals surface area (Å²) in [5.41, 5.74) is 3.05. The van der Waals surface area contributed by atoms with E-state index in [9.17, 15) is 4.79 Å². The first-order chi connectivity index (χ1) is 9.52. The first-order valence-electron chi connectivity index (χ1n) is 5.41. The molecular formula is C12H9Br2ClN4O. The summed E-state index contributed by atoms with van der Waals surface area (Å²) in [4.78, 5) is 16.3. The van der Waals surface area contributed by atoms with Crippen LogP contribution in [-0.2, 0) is 0 Å². The van der Waals surface area contributed by atoms with Gasteiger partial charge in [-0.3, -0.25) is 4.79 Å². The average molecular weight is 420 g/mol. The summed E-state index contributed by atoms with van der Waals surface area (Å²) in [7, 11) is 0. The monoisotopic (exact) mass is 418 g/mol. The van der Waals surface area contributed by atoms with Gasteiger partial charge in [-0.1, -0.05) is 17.7 Å². The number of hydrogen-bond acceptors (Lipinski definition) is 4. The van der Waals surface area contributed by atoms with Gasteiger partial charge < -0.3 is 10.7 Å². The molecule has 0 atom stereocenters. The van der Waals surface area contributed by atoms with Gasteiger partial charge in [0, 0.05) is 8.95 Å². The van der Waals surface area contributed by atoms with Crippen molar-refractivity contribution in [3.63, 3.8) is 0 Å². The molecule has 0 saturated heterocycles. The number of halogens is 3. The number of benzene rings is 1. The van der Waals surface area contributed by atoms with Crippen molar-refractivity contribution in [3.05, 3.63) is 50.0 Å². The lowest BCUT2D eigenvalue weighted by Crippen LogP contribution is -2.17. The third-order valence-corrected chi connectivity index (χ3v) is 4.04. The Bertz CT molecular complexity index is 646. The molecule has 0 fully saturated rings. The molecule has 1 heterocycles. The fraction of sp³-hybridized carbons (Fsp3) is 0. The maximum Gasteiger partial charge on any atom is 0.275 e. The van der Waals surface area contributed by atoms with Gasteiger partial charge in [-0.05, 0) is 56.1 Å². The highest BCUT2D eigenvalue weighted by Crippen LogP contribution is 2.31. The van der Waals surface area contributed by atoms with Crippen molar-refractivity contribution in [1.82, 2.24) is 4.98 Å². The molecular weight excluding hydrogens is 411 g/mol. The zero-order valence-electron chi connectivity index (χ0n) is 9.95. The number of nitrogen functional groups attached to an aromatic ring is 1. The summed E-state index contributed by atoms with van der Waals surface area (Å²) in [5, 5.41) is 2.98. The van der Waals surface area contributed by atoms with E-state index >= 15 is 0 Å². The Kier molecular flexibility index (Phi) is 4.98. The summed E-state index contributed by atoms with van der Waals surface area (Å²) in [5.74, 6) is 5.19. The van der Waals surface area contributed by atoms with Crippen molar-refractivity contribution < 1.29 is 4.79 Å². The second-order valence-electron chi connectivity index (χ2n) is 3.72. The molecule has 0 spiro atoms. The number of nitrogens with zero attached hydrogens (tertiary/aromatic N) is 1. The Morgan fingerprint density at radius 1 is 1.20 bits per heavy atom. The molecule has 1 amide bonds. The van der Waals surface area contributed by atoms with Crippen LogP contribution in [0.5, 0.6) is 0 Å². The van der Waals surface area contributed by atoms with Crippen LogP contribution >= 0.6 is 43.5 Å². The number of hydrazine groups is 1. The molecule has 0 radical (unpaired) electrons. The van der Waals surface area contributed by atoms with Crippen molar-refractivity contribution >= 4 is 60.9 Å². The number of anilines is 2. The van der Waals surface area contributed by atoms with Crippen LogP contribution in [0, 0.1) is 0 Å². The standard InChI is InChI=1S/C12H9Br2ClN4O/c13-6-2-1-3-7(14)10(6)18-12(20)11-8(15)4-5-9(17-11)19-16/h1-5H,16H2,(H,17,19)(H,18,20). The lowest BCUT2D eigenvalue weighted by Gasteiger charge is -2.10. The van der Waals surface area contributed by atoms with Crippen LogP contribution in [0.4, 0.5) is 11.5 Å². The minimum atomic E-state index is -0.431. The smallest absolute Gasteiger partial charge is 0.275 e. The Hall–Kier alpha value is -1.15. The van der Waals surface area contributed by atoms with Crippen molar-refractivity contribution in [2.24, 2.45) is 5.84 Å². The van der Waals surface area contributed by atoms with Crippen molar-refractivity contribution in [3.8, 4) is 0 Å². The molecule has 0 bridgehead atoms.